The quantitative estimate of drug-likeness (QED) is 0.748. The molecule has 0 atom stereocenters. The molecule has 1 heterocycles. The maximum Gasteiger partial charge on any atom is 0.424 e. The number of benzene rings is 2. The summed E-state index contributed by atoms with van der Waals surface area (Å²) in [6, 6.07) is 7.55. The lowest BCUT2D eigenvalue weighted by atomic mass is 10.1. The first kappa shape index (κ1) is 17.3. The summed E-state index contributed by atoms with van der Waals surface area (Å²) in [5.41, 5.74) is 0.254. The molecule has 0 spiro atoms. The SMILES string of the molecule is NS(=O)(=O)c1c(F)cc(-c2coc(=O)n2-c2ccc(Cl)cc2)cc1F. The van der Waals surface area contributed by atoms with Gasteiger partial charge in [-0.3, -0.25) is 0 Å². The standard InChI is InChI=1S/C15H9ClF2N2O4S/c16-9-1-3-10(4-2-9)20-13(7-24-15(20)21)8-5-11(17)14(12(18)6-8)25(19,22)23/h1-7H,(H2,19,22,23). The molecule has 0 aliphatic heterocycles. The number of nitrogens with two attached hydrogens (primary N) is 1. The minimum absolute atomic E-state index is 0.0195. The van der Waals surface area contributed by atoms with Crippen LogP contribution in [0, 0.1) is 11.6 Å². The van der Waals surface area contributed by atoms with Crippen LogP contribution in [0.1, 0.15) is 0 Å². The molecule has 0 aliphatic rings. The molecule has 0 saturated heterocycles. The number of hydrogen-bond acceptors (Lipinski definition) is 4. The highest BCUT2D eigenvalue weighted by molar-refractivity contribution is 7.89. The molecule has 2 aromatic carbocycles. The number of hydrogen-bond donors (Lipinski definition) is 1. The van der Waals surface area contributed by atoms with Gasteiger partial charge in [0.2, 0.25) is 10.0 Å². The molecule has 6 nitrogen and oxygen atoms in total. The van der Waals surface area contributed by atoms with Crippen molar-refractivity contribution in [3.63, 3.8) is 0 Å². The summed E-state index contributed by atoms with van der Waals surface area (Å²) in [7, 11) is -4.58. The summed E-state index contributed by atoms with van der Waals surface area (Å²) >= 11 is 5.79. The summed E-state index contributed by atoms with van der Waals surface area (Å²) in [5, 5.41) is 5.22. The molecule has 1 aromatic heterocycles. The van der Waals surface area contributed by atoms with Crippen LogP contribution in [0.15, 0.2) is 56.8 Å². The minimum atomic E-state index is -4.58. The Kier molecular flexibility index (Phi) is 4.23. The smallest absolute Gasteiger partial charge is 0.415 e. The highest BCUT2D eigenvalue weighted by Crippen LogP contribution is 2.28. The Labute approximate surface area is 145 Å². The van der Waals surface area contributed by atoms with Crippen LogP contribution in [0.5, 0.6) is 0 Å². The summed E-state index contributed by atoms with van der Waals surface area (Å²) < 4.78 is 56.5. The van der Waals surface area contributed by atoms with Crippen molar-refractivity contribution in [3.8, 4) is 16.9 Å². The van der Waals surface area contributed by atoms with Gasteiger partial charge in [-0.05, 0) is 36.4 Å². The largest absolute Gasteiger partial charge is 0.424 e. The molecule has 25 heavy (non-hydrogen) atoms. The molecular weight excluding hydrogens is 378 g/mol. The Morgan fingerprint density at radius 2 is 1.64 bits per heavy atom. The van der Waals surface area contributed by atoms with E-state index in [4.69, 9.17) is 21.2 Å². The van der Waals surface area contributed by atoms with Gasteiger partial charge in [-0.15, -0.1) is 0 Å². The Hall–Kier alpha value is -2.49. The van der Waals surface area contributed by atoms with Crippen molar-refractivity contribution in [1.82, 2.24) is 4.57 Å². The Bertz CT molecular complexity index is 1100. The molecule has 0 amide bonds. The van der Waals surface area contributed by atoms with Gasteiger partial charge in [-0.1, -0.05) is 11.6 Å². The lowest BCUT2D eigenvalue weighted by Gasteiger charge is -2.09. The average Bonchev–Trinajstić information content (AvgIpc) is 2.87. The third-order valence-corrected chi connectivity index (χ3v) is 4.57. The molecule has 0 bridgehead atoms. The van der Waals surface area contributed by atoms with E-state index in [2.05, 4.69) is 0 Å². The number of aromatic nitrogens is 1. The molecule has 3 rings (SSSR count). The van der Waals surface area contributed by atoms with Gasteiger partial charge in [0.25, 0.3) is 0 Å². The Morgan fingerprint density at radius 1 is 1.08 bits per heavy atom. The molecule has 130 valence electrons. The van der Waals surface area contributed by atoms with Crippen molar-refractivity contribution in [3.05, 3.63) is 69.9 Å². The lowest BCUT2D eigenvalue weighted by Crippen LogP contribution is -2.17. The summed E-state index contributed by atoms with van der Waals surface area (Å²) in [6.07, 6.45) is 1.00. The van der Waals surface area contributed by atoms with Gasteiger partial charge in [0.1, 0.15) is 17.9 Å². The van der Waals surface area contributed by atoms with Gasteiger partial charge in [0.05, 0.1) is 11.4 Å². The van der Waals surface area contributed by atoms with Gasteiger partial charge < -0.3 is 4.42 Å². The maximum atomic E-state index is 14.1. The van der Waals surface area contributed by atoms with Crippen LogP contribution in [0.3, 0.4) is 0 Å². The van der Waals surface area contributed by atoms with Crippen molar-refractivity contribution in [1.29, 1.82) is 0 Å². The predicted octanol–water partition coefficient (Wildman–Crippen LogP) is 2.68. The fourth-order valence-corrected chi connectivity index (χ4v) is 3.11. The first-order chi connectivity index (χ1) is 11.7. The summed E-state index contributed by atoms with van der Waals surface area (Å²) in [6.45, 7) is 0. The van der Waals surface area contributed by atoms with Crippen molar-refractivity contribution >= 4 is 21.6 Å². The molecule has 2 N–H and O–H groups in total. The van der Waals surface area contributed by atoms with Crippen LogP contribution in [0.25, 0.3) is 16.9 Å². The molecule has 0 radical (unpaired) electrons. The van der Waals surface area contributed by atoms with Crippen molar-refractivity contribution in [2.75, 3.05) is 0 Å². The van der Waals surface area contributed by atoms with Crippen LogP contribution in [0.2, 0.25) is 5.02 Å². The van der Waals surface area contributed by atoms with E-state index in [9.17, 15) is 22.0 Å². The number of oxazole rings is 1. The van der Waals surface area contributed by atoms with E-state index in [0.717, 1.165) is 23.0 Å². The monoisotopic (exact) mass is 386 g/mol. The van der Waals surface area contributed by atoms with Gasteiger partial charge in [-0.2, -0.15) is 0 Å². The van der Waals surface area contributed by atoms with Gasteiger partial charge in [-0.25, -0.2) is 31.7 Å². The fourth-order valence-electron chi connectivity index (χ4n) is 2.32. The Morgan fingerprint density at radius 3 is 2.16 bits per heavy atom. The van der Waals surface area contributed by atoms with Crippen molar-refractivity contribution < 1.29 is 21.6 Å². The molecule has 10 heteroatoms. The first-order valence-electron chi connectivity index (χ1n) is 6.67. The molecule has 3 aromatic rings. The molecule has 0 unspecified atom stereocenters. The van der Waals surface area contributed by atoms with Gasteiger partial charge in [0.15, 0.2) is 4.90 Å². The van der Waals surface area contributed by atoms with Crippen LogP contribution >= 0.6 is 11.6 Å². The number of sulfonamides is 1. The third kappa shape index (κ3) is 3.21. The zero-order valence-corrected chi connectivity index (χ0v) is 13.8. The van der Waals surface area contributed by atoms with Crippen LogP contribution in [0.4, 0.5) is 8.78 Å². The first-order valence-corrected chi connectivity index (χ1v) is 8.59. The van der Waals surface area contributed by atoms with E-state index in [1.54, 1.807) is 0 Å². The van der Waals surface area contributed by atoms with Gasteiger partial charge >= 0.3 is 5.76 Å². The normalized spacial score (nSPS) is 11.7. The number of nitrogens with zero attached hydrogens (tertiary/aromatic N) is 1. The van der Waals surface area contributed by atoms with E-state index in [0.29, 0.717) is 10.7 Å². The van der Waals surface area contributed by atoms with E-state index >= 15 is 0 Å². The zero-order valence-electron chi connectivity index (χ0n) is 12.2. The molecule has 0 fully saturated rings. The average molecular weight is 387 g/mol. The number of halogens is 3. The Balaban J connectivity index is 2.23. The highest BCUT2D eigenvalue weighted by Gasteiger charge is 2.23. The summed E-state index contributed by atoms with van der Waals surface area (Å²) in [5.74, 6) is -3.56. The van der Waals surface area contributed by atoms with E-state index in [1.807, 2.05) is 0 Å². The van der Waals surface area contributed by atoms with E-state index < -0.39 is 32.3 Å². The fraction of sp³-hybridized carbons (Fsp3) is 0. The maximum absolute atomic E-state index is 14.1. The molecule has 0 saturated carbocycles. The molecule has 0 aliphatic carbocycles. The number of primary sulfonamides is 1. The number of rotatable bonds is 3. The van der Waals surface area contributed by atoms with E-state index in [-0.39, 0.29) is 11.3 Å². The second-order valence-corrected chi connectivity index (χ2v) is 6.95. The van der Waals surface area contributed by atoms with Gasteiger partial charge in [0, 0.05) is 10.6 Å². The highest BCUT2D eigenvalue weighted by atomic mass is 35.5. The molecular formula is C15H9ClF2N2O4S. The van der Waals surface area contributed by atoms with Crippen molar-refractivity contribution in [2.24, 2.45) is 5.14 Å². The van der Waals surface area contributed by atoms with Crippen LogP contribution in [-0.2, 0) is 10.0 Å². The minimum Gasteiger partial charge on any atom is -0.415 e. The lowest BCUT2D eigenvalue weighted by molar-refractivity contribution is 0.504. The topological polar surface area (TPSA) is 95.3 Å². The predicted molar refractivity (Wildman–Crippen MR) is 86.0 cm³/mol. The van der Waals surface area contributed by atoms with Crippen molar-refractivity contribution in [2.45, 2.75) is 4.90 Å². The van der Waals surface area contributed by atoms with E-state index in [1.165, 1.54) is 24.3 Å². The summed E-state index contributed by atoms with van der Waals surface area (Å²) in [4.78, 5) is 10.7. The van der Waals surface area contributed by atoms with Crippen LogP contribution < -0.4 is 10.9 Å². The second kappa shape index (κ2) is 6.10. The van der Waals surface area contributed by atoms with Crippen LogP contribution in [-0.4, -0.2) is 13.0 Å². The zero-order chi connectivity index (χ0) is 18.4. The second-order valence-electron chi connectivity index (χ2n) is 5.01. The third-order valence-electron chi connectivity index (χ3n) is 3.36.